The van der Waals surface area contributed by atoms with Gasteiger partial charge in [-0.3, -0.25) is 4.79 Å². The molecule has 0 aliphatic carbocycles. The molecule has 0 aliphatic heterocycles. The molecular weight excluding hydrogens is 228 g/mol. The lowest BCUT2D eigenvalue weighted by atomic mass is 10.2. The largest absolute Gasteiger partial charge is 0.495 e. The predicted molar refractivity (Wildman–Crippen MR) is 63.9 cm³/mol. The van der Waals surface area contributed by atoms with Crippen molar-refractivity contribution in [1.29, 1.82) is 0 Å². The lowest BCUT2D eigenvalue weighted by Crippen LogP contribution is -1.91. The minimum Gasteiger partial charge on any atom is -0.495 e. The van der Waals surface area contributed by atoms with E-state index in [2.05, 4.69) is 0 Å². The van der Waals surface area contributed by atoms with Crippen LogP contribution in [-0.4, -0.2) is 18.2 Å². The predicted octanol–water partition coefficient (Wildman–Crippen LogP) is 3.23. The van der Waals surface area contributed by atoms with Gasteiger partial charge in [-0.2, -0.15) is 0 Å². The van der Waals surface area contributed by atoms with Crippen molar-refractivity contribution in [3.8, 4) is 5.75 Å². The van der Waals surface area contributed by atoms with Crippen molar-refractivity contribution in [2.75, 3.05) is 7.11 Å². The van der Waals surface area contributed by atoms with E-state index in [1.165, 1.54) is 0 Å². The summed E-state index contributed by atoms with van der Waals surface area (Å²) in [6.45, 7) is 0. The number of rotatable bonds is 5. The maximum Gasteiger partial charge on any atom is 0.303 e. The molecule has 1 N–H and O–H groups in total. The van der Waals surface area contributed by atoms with Crippen LogP contribution in [0.5, 0.6) is 5.75 Å². The van der Waals surface area contributed by atoms with Crippen molar-refractivity contribution < 1.29 is 14.6 Å². The number of carboxylic acids is 1. The Hall–Kier alpha value is -1.48. The summed E-state index contributed by atoms with van der Waals surface area (Å²) < 4.78 is 5.02. The fraction of sp³-hybridized carbons (Fsp3) is 0.250. The Morgan fingerprint density at radius 2 is 2.31 bits per heavy atom. The van der Waals surface area contributed by atoms with Crippen molar-refractivity contribution in [3.05, 3.63) is 34.9 Å². The Morgan fingerprint density at radius 1 is 1.56 bits per heavy atom. The van der Waals surface area contributed by atoms with Crippen LogP contribution in [0.1, 0.15) is 18.4 Å². The number of hydrogen-bond acceptors (Lipinski definition) is 2. The van der Waals surface area contributed by atoms with Gasteiger partial charge in [0.15, 0.2) is 0 Å². The van der Waals surface area contributed by atoms with Crippen molar-refractivity contribution in [1.82, 2.24) is 0 Å². The van der Waals surface area contributed by atoms with E-state index in [0.717, 1.165) is 5.56 Å². The van der Waals surface area contributed by atoms with Crippen LogP contribution in [0, 0.1) is 0 Å². The molecule has 0 bridgehead atoms. The number of ether oxygens (including phenoxy) is 1. The smallest absolute Gasteiger partial charge is 0.303 e. The first-order chi connectivity index (χ1) is 7.63. The molecule has 1 aromatic rings. The lowest BCUT2D eigenvalue weighted by molar-refractivity contribution is -0.136. The highest BCUT2D eigenvalue weighted by atomic mass is 35.5. The van der Waals surface area contributed by atoms with E-state index >= 15 is 0 Å². The van der Waals surface area contributed by atoms with Crippen LogP contribution in [-0.2, 0) is 4.79 Å². The molecule has 0 atom stereocenters. The molecule has 4 heteroatoms. The first-order valence-corrected chi connectivity index (χ1v) is 5.23. The van der Waals surface area contributed by atoms with Crippen LogP contribution in [0.4, 0.5) is 0 Å². The molecule has 3 nitrogen and oxygen atoms in total. The Labute approximate surface area is 99.3 Å². The molecule has 0 saturated carbocycles. The fourth-order valence-corrected chi connectivity index (χ4v) is 1.48. The van der Waals surface area contributed by atoms with Gasteiger partial charge in [0.1, 0.15) is 5.75 Å². The number of hydrogen-bond donors (Lipinski definition) is 1. The SMILES string of the molecule is COc1ccc(/C=C/CCC(=O)O)cc1Cl. The monoisotopic (exact) mass is 240 g/mol. The number of aliphatic carboxylic acids is 1. The van der Waals surface area contributed by atoms with E-state index in [1.807, 2.05) is 18.2 Å². The topological polar surface area (TPSA) is 46.5 Å². The van der Waals surface area contributed by atoms with Gasteiger partial charge in [-0.15, -0.1) is 0 Å². The van der Waals surface area contributed by atoms with Gasteiger partial charge in [0.25, 0.3) is 0 Å². The van der Waals surface area contributed by atoms with Crippen molar-refractivity contribution in [2.24, 2.45) is 0 Å². The molecule has 0 aromatic heterocycles. The molecule has 0 unspecified atom stereocenters. The first-order valence-electron chi connectivity index (χ1n) is 4.85. The molecule has 0 heterocycles. The van der Waals surface area contributed by atoms with Crippen LogP contribution in [0.25, 0.3) is 6.08 Å². The number of allylic oxidation sites excluding steroid dienone is 1. The molecule has 0 aliphatic rings. The van der Waals surface area contributed by atoms with E-state index < -0.39 is 5.97 Å². The second-order valence-corrected chi connectivity index (χ2v) is 3.64. The van der Waals surface area contributed by atoms with Gasteiger partial charge in [0.05, 0.1) is 12.1 Å². The lowest BCUT2D eigenvalue weighted by Gasteiger charge is -2.02. The molecule has 16 heavy (non-hydrogen) atoms. The highest BCUT2D eigenvalue weighted by Crippen LogP contribution is 2.25. The Kier molecular flexibility index (Phi) is 4.86. The molecule has 0 saturated heterocycles. The number of carboxylic acid groups (broad SMARTS) is 1. The maximum absolute atomic E-state index is 10.3. The molecule has 1 aromatic carbocycles. The molecule has 86 valence electrons. The molecule has 1 rings (SSSR count). The zero-order chi connectivity index (χ0) is 12.0. The standard InChI is InChI=1S/C12H13ClO3/c1-16-11-7-6-9(8-10(11)13)4-2-3-5-12(14)15/h2,4,6-8H,3,5H2,1H3,(H,14,15)/b4-2+. The quantitative estimate of drug-likeness (QED) is 0.860. The van der Waals surface area contributed by atoms with Gasteiger partial charge in [-0.05, 0) is 24.1 Å². The summed E-state index contributed by atoms with van der Waals surface area (Å²) in [5.74, 6) is -0.165. The minimum absolute atomic E-state index is 0.139. The van der Waals surface area contributed by atoms with Crippen LogP contribution < -0.4 is 4.74 Å². The molecule has 0 amide bonds. The maximum atomic E-state index is 10.3. The Bertz CT molecular complexity index is 399. The Morgan fingerprint density at radius 3 is 2.88 bits per heavy atom. The van der Waals surface area contributed by atoms with Crippen molar-refractivity contribution in [3.63, 3.8) is 0 Å². The summed E-state index contributed by atoms with van der Waals surface area (Å²) in [4.78, 5) is 10.3. The van der Waals surface area contributed by atoms with Crippen molar-refractivity contribution in [2.45, 2.75) is 12.8 Å². The molecule has 0 spiro atoms. The van der Waals surface area contributed by atoms with Gasteiger partial charge in [0.2, 0.25) is 0 Å². The summed E-state index contributed by atoms with van der Waals surface area (Å²) >= 11 is 5.94. The number of benzene rings is 1. The highest BCUT2D eigenvalue weighted by Gasteiger charge is 1.99. The van der Waals surface area contributed by atoms with E-state index in [9.17, 15) is 4.79 Å². The average Bonchev–Trinajstić information content (AvgIpc) is 2.24. The summed E-state index contributed by atoms with van der Waals surface area (Å²) in [5.41, 5.74) is 0.927. The van der Waals surface area contributed by atoms with Gasteiger partial charge >= 0.3 is 5.97 Å². The third-order valence-electron chi connectivity index (χ3n) is 2.01. The number of methoxy groups -OCH3 is 1. The zero-order valence-electron chi connectivity index (χ0n) is 8.94. The second kappa shape index (κ2) is 6.18. The van der Waals surface area contributed by atoms with E-state index in [-0.39, 0.29) is 6.42 Å². The molecule has 0 radical (unpaired) electrons. The van der Waals surface area contributed by atoms with Crippen LogP contribution in [0.2, 0.25) is 5.02 Å². The van der Waals surface area contributed by atoms with Gasteiger partial charge in [-0.1, -0.05) is 29.8 Å². The zero-order valence-corrected chi connectivity index (χ0v) is 9.70. The number of halogens is 1. The molecule has 0 fully saturated rings. The van der Waals surface area contributed by atoms with Gasteiger partial charge in [0, 0.05) is 6.42 Å². The minimum atomic E-state index is -0.794. The van der Waals surface area contributed by atoms with E-state index in [0.29, 0.717) is 17.2 Å². The average molecular weight is 241 g/mol. The Balaban J connectivity index is 2.61. The van der Waals surface area contributed by atoms with E-state index in [1.54, 1.807) is 19.2 Å². The fourth-order valence-electron chi connectivity index (χ4n) is 1.21. The van der Waals surface area contributed by atoms with E-state index in [4.69, 9.17) is 21.4 Å². The highest BCUT2D eigenvalue weighted by molar-refractivity contribution is 6.32. The van der Waals surface area contributed by atoms with Crippen LogP contribution in [0.15, 0.2) is 24.3 Å². The summed E-state index contributed by atoms with van der Waals surface area (Å²) in [6.07, 6.45) is 4.31. The third-order valence-corrected chi connectivity index (χ3v) is 2.31. The van der Waals surface area contributed by atoms with Gasteiger partial charge < -0.3 is 9.84 Å². The normalized spacial score (nSPS) is 10.6. The summed E-state index contributed by atoms with van der Waals surface area (Å²) in [5, 5.41) is 9.00. The van der Waals surface area contributed by atoms with Crippen molar-refractivity contribution >= 4 is 23.6 Å². The van der Waals surface area contributed by atoms with Gasteiger partial charge in [-0.25, -0.2) is 0 Å². The first kappa shape index (κ1) is 12.6. The van der Waals surface area contributed by atoms with Crippen LogP contribution in [0.3, 0.4) is 0 Å². The second-order valence-electron chi connectivity index (χ2n) is 3.23. The molecular formula is C12H13ClO3. The van der Waals surface area contributed by atoms with Crippen LogP contribution >= 0.6 is 11.6 Å². The summed E-state index contributed by atoms with van der Waals surface area (Å²) in [6, 6.07) is 5.42. The summed E-state index contributed by atoms with van der Waals surface area (Å²) in [7, 11) is 1.56. The number of carbonyl (C=O) groups is 1. The third kappa shape index (κ3) is 3.95.